The lowest BCUT2D eigenvalue weighted by molar-refractivity contribution is 0.0724. The normalized spacial score (nSPS) is 15.0. The number of rotatable bonds is 3. The predicted octanol–water partition coefficient (Wildman–Crippen LogP) is 3.52. The van der Waals surface area contributed by atoms with Gasteiger partial charge >= 0.3 is 0 Å². The number of hydrogen-bond acceptors (Lipinski definition) is 1. The highest BCUT2D eigenvalue weighted by molar-refractivity contribution is 5.94. The van der Waals surface area contributed by atoms with E-state index >= 15 is 0 Å². The van der Waals surface area contributed by atoms with Gasteiger partial charge in [-0.3, -0.25) is 4.79 Å². The van der Waals surface area contributed by atoms with Gasteiger partial charge in [-0.25, -0.2) is 8.78 Å². The molecule has 2 heterocycles. The maximum Gasteiger partial charge on any atom is 0.255 e. The van der Waals surface area contributed by atoms with E-state index in [0.717, 1.165) is 32.4 Å². The molecule has 1 saturated heterocycles. The average Bonchev–Trinajstić information content (AvgIpc) is 2.92. The number of aromatic nitrogens is 1. The number of piperidine rings is 1. The Balaban J connectivity index is 1.82. The van der Waals surface area contributed by atoms with Crippen molar-refractivity contribution in [1.29, 1.82) is 0 Å². The van der Waals surface area contributed by atoms with Crippen molar-refractivity contribution in [3.63, 3.8) is 0 Å². The van der Waals surface area contributed by atoms with Crippen molar-refractivity contribution in [2.75, 3.05) is 13.1 Å². The number of hydrogen-bond donors (Lipinski definition) is 0. The van der Waals surface area contributed by atoms with Crippen LogP contribution in [0.15, 0.2) is 30.5 Å². The van der Waals surface area contributed by atoms with Gasteiger partial charge in [0.05, 0.1) is 5.56 Å². The second-order valence-corrected chi connectivity index (χ2v) is 6.06. The lowest BCUT2D eigenvalue weighted by Gasteiger charge is -2.26. The first-order chi connectivity index (χ1) is 11.1. The predicted molar refractivity (Wildman–Crippen MR) is 84.3 cm³/mol. The number of nitrogens with zero attached hydrogens (tertiary/aromatic N) is 2. The van der Waals surface area contributed by atoms with Crippen LogP contribution in [-0.2, 0) is 13.5 Å². The Morgan fingerprint density at radius 1 is 1.13 bits per heavy atom. The van der Waals surface area contributed by atoms with E-state index < -0.39 is 11.6 Å². The molecule has 23 heavy (non-hydrogen) atoms. The molecule has 0 aliphatic carbocycles. The molecular formula is C18H20F2N2O. The van der Waals surface area contributed by atoms with Crippen molar-refractivity contribution in [1.82, 2.24) is 9.47 Å². The average molecular weight is 318 g/mol. The van der Waals surface area contributed by atoms with Gasteiger partial charge in [-0.15, -0.1) is 0 Å². The fourth-order valence-corrected chi connectivity index (χ4v) is 3.06. The molecule has 1 aliphatic rings. The van der Waals surface area contributed by atoms with E-state index in [1.807, 2.05) is 4.90 Å². The van der Waals surface area contributed by atoms with E-state index in [4.69, 9.17) is 0 Å². The van der Waals surface area contributed by atoms with Crippen molar-refractivity contribution in [2.45, 2.75) is 25.7 Å². The summed E-state index contributed by atoms with van der Waals surface area (Å²) in [5, 5.41) is 0. The zero-order valence-corrected chi connectivity index (χ0v) is 13.2. The molecule has 0 unspecified atom stereocenters. The van der Waals surface area contributed by atoms with E-state index in [0.29, 0.717) is 11.3 Å². The summed E-state index contributed by atoms with van der Waals surface area (Å²) in [6.07, 6.45) is 5.10. The third kappa shape index (κ3) is 3.28. The van der Waals surface area contributed by atoms with Crippen LogP contribution < -0.4 is 0 Å². The fraction of sp³-hybridized carbons (Fsp3) is 0.389. The molecule has 3 rings (SSSR count). The summed E-state index contributed by atoms with van der Waals surface area (Å²) in [5.41, 5.74) is 1.33. The summed E-state index contributed by atoms with van der Waals surface area (Å²) in [6, 6.07) is 5.59. The summed E-state index contributed by atoms with van der Waals surface area (Å²) in [7, 11) is 1.79. The van der Waals surface area contributed by atoms with Crippen LogP contribution in [0.3, 0.4) is 0 Å². The molecule has 122 valence electrons. The van der Waals surface area contributed by atoms with Crippen LogP contribution in [0.1, 0.15) is 40.9 Å². The van der Waals surface area contributed by atoms with Gasteiger partial charge in [-0.05, 0) is 37.5 Å². The van der Waals surface area contributed by atoms with Crippen molar-refractivity contribution < 1.29 is 13.6 Å². The van der Waals surface area contributed by atoms with Gasteiger partial charge in [0.1, 0.15) is 11.6 Å². The topological polar surface area (TPSA) is 25.2 Å². The van der Waals surface area contributed by atoms with E-state index in [9.17, 15) is 13.6 Å². The van der Waals surface area contributed by atoms with Crippen LogP contribution in [0.4, 0.5) is 8.78 Å². The van der Waals surface area contributed by atoms with Crippen LogP contribution in [-0.4, -0.2) is 28.5 Å². The highest BCUT2D eigenvalue weighted by Gasteiger charge is 2.20. The van der Waals surface area contributed by atoms with Gasteiger partial charge in [0.2, 0.25) is 0 Å². The number of aryl methyl sites for hydroxylation is 1. The first-order valence-corrected chi connectivity index (χ1v) is 7.93. The Hall–Kier alpha value is -2.17. The van der Waals surface area contributed by atoms with Crippen molar-refractivity contribution in [2.24, 2.45) is 7.05 Å². The van der Waals surface area contributed by atoms with Crippen LogP contribution in [0.5, 0.6) is 0 Å². The Labute approximate surface area is 134 Å². The maximum absolute atomic E-state index is 13.8. The molecule has 0 spiro atoms. The smallest absolute Gasteiger partial charge is 0.255 e. The molecule has 1 fully saturated rings. The Morgan fingerprint density at radius 2 is 1.78 bits per heavy atom. The molecule has 1 aromatic heterocycles. The van der Waals surface area contributed by atoms with Gasteiger partial charge in [0.25, 0.3) is 5.91 Å². The third-order valence-electron chi connectivity index (χ3n) is 4.42. The van der Waals surface area contributed by atoms with Crippen LogP contribution >= 0.6 is 0 Å². The monoisotopic (exact) mass is 318 g/mol. The summed E-state index contributed by atoms with van der Waals surface area (Å²) in [5.74, 6) is -1.12. The summed E-state index contributed by atoms with van der Waals surface area (Å²) >= 11 is 0. The van der Waals surface area contributed by atoms with Gasteiger partial charge in [0.15, 0.2) is 0 Å². The molecule has 0 N–H and O–H groups in total. The highest BCUT2D eigenvalue weighted by atomic mass is 19.1. The molecule has 1 aromatic carbocycles. The Morgan fingerprint density at radius 3 is 2.43 bits per heavy atom. The van der Waals surface area contributed by atoms with Gasteiger partial charge in [0, 0.05) is 44.0 Å². The summed E-state index contributed by atoms with van der Waals surface area (Å²) in [4.78, 5) is 14.4. The maximum atomic E-state index is 13.8. The van der Waals surface area contributed by atoms with Crippen molar-refractivity contribution in [3.05, 3.63) is 58.9 Å². The van der Waals surface area contributed by atoms with E-state index in [1.54, 1.807) is 23.9 Å². The largest absolute Gasteiger partial charge is 0.353 e. The first kappa shape index (κ1) is 15.7. The van der Waals surface area contributed by atoms with Crippen LogP contribution in [0, 0.1) is 11.6 Å². The van der Waals surface area contributed by atoms with Gasteiger partial charge in [-0.2, -0.15) is 0 Å². The van der Waals surface area contributed by atoms with Crippen molar-refractivity contribution >= 4 is 5.91 Å². The SMILES string of the molecule is Cn1cc(C(=O)N2CCCCC2)cc1Cc1c(F)cccc1F. The number of benzene rings is 1. The third-order valence-corrected chi connectivity index (χ3v) is 4.42. The van der Waals surface area contributed by atoms with E-state index in [-0.39, 0.29) is 17.9 Å². The lowest BCUT2D eigenvalue weighted by Crippen LogP contribution is -2.35. The minimum absolute atomic E-state index is 0.000514. The van der Waals surface area contributed by atoms with Gasteiger partial charge in [-0.1, -0.05) is 6.07 Å². The van der Waals surface area contributed by atoms with E-state index in [2.05, 4.69) is 0 Å². The summed E-state index contributed by atoms with van der Waals surface area (Å²) < 4.78 is 29.4. The van der Waals surface area contributed by atoms with E-state index in [1.165, 1.54) is 18.2 Å². The standard InChI is InChI=1S/C18H20F2N2O/c1-21-12-13(18(23)22-8-3-2-4-9-22)10-14(21)11-15-16(19)6-5-7-17(15)20/h5-7,10,12H,2-4,8-9,11H2,1H3. The Bertz CT molecular complexity index is 698. The minimum atomic E-state index is -0.560. The molecule has 0 bridgehead atoms. The molecule has 0 atom stereocenters. The zero-order chi connectivity index (χ0) is 16.4. The number of carbonyl (C=O) groups excluding carboxylic acids is 1. The fourth-order valence-electron chi connectivity index (χ4n) is 3.06. The molecule has 1 amide bonds. The van der Waals surface area contributed by atoms with Gasteiger partial charge < -0.3 is 9.47 Å². The van der Waals surface area contributed by atoms with Crippen LogP contribution in [0.2, 0.25) is 0 Å². The molecule has 3 nitrogen and oxygen atoms in total. The molecular weight excluding hydrogens is 298 g/mol. The minimum Gasteiger partial charge on any atom is -0.353 e. The highest BCUT2D eigenvalue weighted by Crippen LogP contribution is 2.20. The second-order valence-electron chi connectivity index (χ2n) is 6.06. The second kappa shape index (κ2) is 6.52. The molecule has 1 aliphatic heterocycles. The molecule has 0 saturated carbocycles. The number of amides is 1. The summed E-state index contributed by atoms with van der Waals surface area (Å²) in [6.45, 7) is 1.57. The van der Waals surface area contributed by atoms with Crippen LogP contribution in [0.25, 0.3) is 0 Å². The first-order valence-electron chi connectivity index (χ1n) is 7.93. The quantitative estimate of drug-likeness (QED) is 0.850. The molecule has 2 aromatic rings. The Kier molecular flexibility index (Phi) is 4.46. The van der Waals surface area contributed by atoms with Crippen molar-refractivity contribution in [3.8, 4) is 0 Å². The number of likely N-dealkylation sites (tertiary alicyclic amines) is 1. The number of carbonyl (C=O) groups is 1. The molecule has 0 radical (unpaired) electrons. The zero-order valence-electron chi connectivity index (χ0n) is 13.2. The lowest BCUT2D eigenvalue weighted by atomic mass is 10.1. The number of halogens is 2. The molecule has 5 heteroatoms.